The van der Waals surface area contributed by atoms with Gasteiger partial charge < -0.3 is 5.32 Å². The highest BCUT2D eigenvalue weighted by molar-refractivity contribution is 7.99. The molecule has 0 heterocycles. The number of fused-ring (bicyclic) bond motifs is 1. The number of hydrogen-bond donors (Lipinski definition) is 1. The first-order chi connectivity index (χ1) is 8.40. The predicted molar refractivity (Wildman–Crippen MR) is 78.7 cm³/mol. The fraction of sp³-hybridized carbons (Fsp3) is 1.00. The van der Waals surface area contributed by atoms with E-state index in [9.17, 15) is 0 Å². The van der Waals surface area contributed by atoms with Gasteiger partial charge in [-0.1, -0.05) is 32.6 Å². The molecule has 0 radical (unpaired) electrons. The summed E-state index contributed by atoms with van der Waals surface area (Å²) in [6, 6.07) is 0.848. The van der Waals surface area contributed by atoms with Crippen LogP contribution in [-0.2, 0) is 0 Å². The third kappa shape index (κ3) is 4.48. The van der Waals surface area contributed by atoms with E-state index in [1.165, 1.54) is 69.4 Å². The number of nitrogens with one attached hydrogen (secondary N) is 1. The first kappa shape index (κ1) is 13.7. The lowest BCUT2D eigenvalue weighted by Crippen LogP contribution is -2.39. The first-order valence-electron chi connectivity index (χ1n) is 7.71. The van der Waals surface area contributed by atoms with Crippen LogP contribution in [0.3, 0.4) is 0 Å². The summed E-state index contributed by atoms with van der Waals surface area (Å²) in [4.78, 5) is 0. The molecule has 2 aliphatic carbocycles. The lowest BCUT2D eigenvalue weighted by Gasteiger charge is -2.39. The van der Waals surface area contributed by atoms with Crippen molar-refractivity contribution in [3.63, 3.8) is 0 Å². The lowest BCUT2D eigenvalue weighted by atomic mass is 9.69. The van der Waals surface area contributed by atoms with Crippen LogP contribution in [0.4, 0.5) is 0 Å². The molecule has 0 spiro atoms. The number of hydrogen-bond acceptors (Lipinski definition) is 2. The molecule has 0 saturated heterocycles. The van der Waals surface area contributed by atoms with Crippen molar-refractivity contribution < 1.29 is 0 Å². The normalized spacial score (nSPS) is 33.4. The van der Waals surface area contributed by atoms with E-state index in [0.29, 0.717) is 0 Å². The number of thioether (sulfide) groups is 1. The minimum Gasteiger partial charge on any atom is -0.314 e. The Balaban J connectivity index is 1.59. The molecule has 3 unspecified atom stereocenters. The van der Waals surface area contributed by atoms with E-state index in [1.54, 1.807) is 0 Å². The Morgan fingerprint density at radius 3 is 2.71 bits per heavy atom. The van der Waals surface area contributed by atoms with E-state index in [2.05, 4.69) is 24.0 Å². The highest BCUT2D eigenvalue weighted by Gasteiger charge is 2.31. The van der Waals surface area contributed by atoms with Gasteiger partial charge in [0.25, 0.3) is 0 Å². The average molecular weight is 255 g/mol. The van der Waals surface area contributed by atoms with E-state index in [0.717, 1.165) is 17.9 Å². The van der Waals surface area contributed by atoms with Crippen LogP contribution in [0.15, 0.2) is 0 Å². The zero-order valence-corrected chi connectivity index (χ0v) is 12.2. The van der Waals surface area contributed by atoms with Gasteiger partial charge in [-0.25, -0.2) is 0 Å². The van der Waals surface area contributed by atoms with Gasteiger partial charge in [0.05, 0.1) is 0 Å². The molecule has 2 aliphatic rings. The standard InChI is InChI=1S/C15H29NS/c1-2-17-11-5-10-16-15-9-8-13-6-3-4-7-14(13)12-15/h13-16H,2-12H2,1H3. The molecular weight excluding hydrogens is 226 g/mol. The van der Waals surface area contributed by atoms with Gasteiger partial charge in [0.2, 0.25) is 0 Å². The molecule has 3 atom stereocenters. The smallest absolute Gasteiger partial charge is 0.00699 e. The van der Waals surface area contributed by atoms with E-state index < -0.39 is 0 Å². The van der Waals surface area contributed by atoms with E-state index in [4.69, 9.17) is 0 Å². The molecule has 0 aromatic rings. The molecule has 0 amide bonds. The van der Waals surface area contributed by atoms with Crippen LogP contribution in [0, 0.1) is 11.8 Å². The van der Waals surface area contributed by atoms with Gasteiger partial charge >= 0.3 is 0 Å². The van der Waals surface area contributed by atoms with Crippen LogP contribution in [0.1, 0.15) is 58.3 Å². The van der Waals surface area contributed by atoms with Crippen LogP contribution < -0.4 is 5.32 Å². The second-order valence-corrected chi connectivity index (χ2v) is 7.21. The van der Waals surface area contributed by atoms with Crippen molar-refractivity contribution in [2.45, 2.75) is 64.3 Å². The summed E-state index contributed by atoms with van der Waals surface area (Å²) in [7, 11) is 0. The summed E-state index contributed by atoms with van der Waals surface area (Å²) in [5, 5.41) is 3.80. The quantitative estimate of drug-likeness (QED) is 0.718. The zero-order chi connectivity index (χ0) is 11.9. The van der Waals surface area contributed by atoms with Crippen molar-refractivity contribution in [2.24, 2.45) is 11.8 Å². The maximum absolute atomic E-state index is 3.80. The third-order valence-electron chi connectivity index (χ3n) is 4.64. The van der Waals surface area contributed by atoms with Crippen molar-refractivity contribution >= 4 is 11.8 Å². The van der Waals surface area contributed by atoms with Crippen molar-refractivity contribution in [2.75, 3.05) is 18.1 Å². The fourth-order valence-electron chi connectivity index (χ4n) is 3.68. The van der Waals surface area contributed by atoms with Crippen LogP contribution in [0.2, 0.25) is 0 Å². The molecule has 2 saturated carbocycles. The van der Waals surface area contributed by atoms with Crippen LogP contribution in [-0.4, -0.2) is 24.1 Å². The first-order valence-corrected chi connectivity index (χ1v) is 8.86. The van der Waals surface area contributed by atoms with E-state index in [1.807, 2.05) is 0 Å². The summed E-state index contributed by atoms with van der Waals surface area (Å²) in [6.07, 6.45) is 11.8. The average Bonchev–Trinajstić information content (AvgIpc) is 2.38. The van der Waals surface area contributed by atoms with Gasteiger partial charge in [0.15, 0.2) is 0 Å². The number of rotatable bonds is 6. The molecule has 0 aliphatic heterocycles. The SMILES string of the molecule is CCSCCCNC1CCC2CCCCC2C1. The lowest BCUT2D eigenvalue weighted by molar-refractivity contribution is 0.144. The minimum atomic E-state index is 0.848. The Kier molecular flexibility index (Phi) is 6.21. The maximum atomic E-state index is 3.80. The Morgan fingerprint density at radius 2 is 1.88 bits per heavy atom. The van der Waals surface area contributed by atoms with Crippen LogP contribution >= 0.6 is 11.8 Å². The Hall–Kier alpha value is 0.310. The highest BCUT2D eigenvalue weighted by Crippen LogP contribution is 2.40. The van der Waals surface area contributed by atoms with Gasteiger partial charge in [0, 0.05) is 6.04 Å². The molecule has 0 aromatic heterocycles. The molecule has 2 rings (SSSR count). The Morgan fingerprint density at radius 1 is 1.06 bits per heavy atom. The summed E-state index contributed by atoms with van der Waals surface area (Å²) >= 11 is 2.07. The van der Waals surface area contributed by atoms with Crippen molar-refractivity contribution in [3.8, 4) is 0 Å². The van der Waals surface area contributed by atoms with E-state index in [-0.39, 0.29) is 0 Å². The molecule has 0 aromatic carbocycles. The zero-order valence-electron chi connectivity index (χ0n) is 11.4. The van der Waals surface area contributed by atoms with Crippen LogP contribution in [0.5, 0.6) is 0 Å². The van der Waals surface area contributed by atoms with Gasteiger partial charge in [-0.3, -0.25) is 0 Å². The molecule has 17 heavy (non-hydrogen) atoms. The highest BCUT2D eigenvalue weighted by atomic mass is 32.2. The van der Waals surface area contributed by atoms with Gasteiger partial charge in [-0.2, -0.15) is 11.8 Å². The van der Waals surface area contributed by atoms with Gasteiger partial charge in [-0.05, 0) is 55.6 Å². The fourth-order valence-corrected chi connectivity index (χ4v) is 4.32. The van der Waals surface area contributed by atoms with Crippen molar-refractivity contribution in [3.05, 3.63) is 0 Å². The second-order valence-electron chi connectivity index (χ2n) is 5.82. The van der Waals surface area contributed by atoms with Crippen molar-refractivity contribution in [1.29, 1.82) is 0 Å². The summed E-state index contributed by atoms with van der Waals surface area (Å²) in [5.41, 5.74) is 0. The summed E-state index contributed by atoms with van der Waals surface area (Å²) < 4.78 is 0. The molecule has 1 nitrogen and oxygen atoms in total. The van der Waals surface area contributed by atoms with E-state index >= 15 is 0 Å². The van der Waals surface area contributed by atoms with Gasteiger partial charge in [-0.15, -0.1) is 0 Å². The predicted octanol–water partition coefficient (Wildman–Crippen LogP) is 4.08. The Labute approximate surface area is 112 Å². The van der Waals surface area contributed by atoms with Gasteiger partial charge in [0.1, 0.15) is 0 Å². The van der Waals surface area contributed by atoms with Crippen molar-refractivity contribution in [1.82, 2.24) is 5.32 Å². The van der Waals surface area contributed by atoms with Crippen LogP contribution in [0.25, 0.3) is 0 Å². The molecular formula is C15H29NS. The topological polar surface area (TPSA) is 12.0 Å². The molecule has 1 N–H and O–H groups in total. The third-order valence-corrected chi connectivity index (χ3v) is 5.63. The molecule has 0 bridgehead atoms. The molecule has 2 heteroatoms. The Bertz CT molecular complexity index is 207. The minimum absolute atomic E-state index is 0.848. The largest absolute Gasteiger partial charge is 0.314 e. The maximum Gasteiger partial charge on any atom is 0.00699 e. The summed E-state index contributed by atoms with van der Waals surface area (Å²) in [6.45, 7) is 3.50. The second kappa shape index (κ2) is 7.68. The summed E-state index contributed by atoms with van der Waals surface area (Å²) in [5.74, 6) is 4.77. The molecule has 2 fully saturated rings. The molecule has 100 valence electrons. The monoisotopic (exact) mass is 255 g/mol.